The summed E-state index contributed by atoms with van der Waals surface area (Å²) in [4.78, 5) is 12.2. The summed E-state index contributed by atoms with van der Waals surface area (Å²) >= 11 is 0. The number of rotatable bonds is 8. The molecular formula is C15H23N3O5S. The predicted octanol–water partition coefficient (Wildman–Crippen LogP) is -0.784. The molecule has 0 saturated carbocycles. The zero-order chi connectivity index (χ0) is 17.4. The van der Waals surface area contributed by atoms with Crippen LogP contribution in [-0.2, 0) is 30.8 Å². The van der Waals surface area contributed by atoms with Crippen LogP contribution >= 0.6 is 0 Å². The number of sulfonamides is 1. The molecule has 1 atom stereocenters. The monoisotopic (exact) mass is 357 g/mol. The molecule has 2 rings (SSSR count). The van der Waals surface area contributed by atoms with Gasteiger partial charge in [-0.2, -0.15) is 0 Å². The van der Waals surface area contributed by atoms with E-state index in [0.717, 1.165) is 0 Å². The molecule has 1 saturated heterocycles. The Labute approximate surface area is 142 Å². The normalized spacial score (nSPS) is 18.3. The number of hydrogen-bond acceptors (Lipinski definition) is 6. The SMILES string of the molecule is COCCNS(=O)(=O)c1cccc(CNC(=O)C2COCCN2)c1. The molecule has 9 heteroatoms. The van der Waals surface area contributed by atoms with Crippen LogP contribution in [0.2, 0.25) is 0 Å². The Morgan fingerprint density at radius 1 is 1.46 bits per heavy atom. The van der Waals surface area contributed by atoms with Crippen molar-refractivity contribution in [2.24, 2.45) is 0 Å². The minimum atomic E-state index is -3.59. The van der Waals surface area contributed by atoms with Crippen molar-refractivity contribution in [2.75, 3.05) is 40.0 Å². The molecule has 0 radical (unpaired) electrons. The third-order valence-corrected chi connectivity index (χ3v) is 4.97. The van der Waals surface area contributed by atoms with Gasteiger partial charge in [0.1, 0.15) is 6.04 Å². The minimum absolute atomic E-state index is 0.157. The van der Waals surface area contributed by atoms with Crippen molar-refractivity contribution in [3.8, 4) is 0 Å². The van der Waals surface area contributed by atoms with Crippen LogP contribution in [0.5, 0.6) is 0 Å². The van der Waals surface area contributed by atoms with Gasteiger partial charge >= 0.3 is 0 Å². The third kappa shape index (κ3) is 5.53. The van der Waals surface area contributed by atoms with Crippen LogP contribution in [0, 0.1) is 0 Å². The molecule has 24 heavy (non-hydrogen) atoms. The second-order valence-electron chi connectivity index (χ2n) is 5.34. The first-order valence-corrected chi connectivity index (χ1v) is 9.17. The van der Waals surface area contributed by atoms with Gasteiger partial charge in [-0.25, -0.2) is 13.1 Å². The molecule has 8 nitrogen and oxygen atoms in total. The van der Waals surface area contributed by atoms with Crippen molar-refractivity contribution in [2.45, 2.75) is 17.5 Å². The summed E-state index contributed by atoms with van der Waals surface area (Å²) in [5.74, 6) is -0.166. The highest BCUT2D eigenvalue weighted by atomic mass is 32.2. The lowest BCUT2D eigenvalue weighted by atomic mass is 10.2. The zero-order valence-electron chi connectivity index (χ0n) is 13.6. The Kier molecular flexibility index (Phi) is 7.13. The van der Waals surface area contributed by atoms with Gasteiger partial charge in [0, 0.05) is 26.7 Å². The smallest absolute Gasteiger partial charge is 0.240 e. The van der Waals surface area contributed by atoms with Gasteiger partial charge in [0.25, 0.3) is 0 Å². The molecule has 1 heterocycles. The molecule has 0 aliphatic carbocycles. The summed E-state index contributed by atoms with van der Waals surface area (Å²) in [5.41, 5.74) is 0.703. The molecule has 0 bridgehead atoms. The molecule has 1 aromatic rings. The van der Waals surface area contributed by atoms with Crippen LogP contribution in [0.4, 0.5) is 0 Å². The molecule has 3 N–H and O–H groups in total. The van der Waals surface area contributed by atoms with Crippen LogP contribution in [0.25, 0.3) is 0 Å². The lowest BCUT2D eigenvalue weighted by Crippen LogP contribution is -2.51. The summed E-state index contributed by atoms with van der Waals surface area (Å²) < 4.78 is 36.9. The molecule has 1 amide bonds. The fourth-order valence-corrected chi connectivity index (χ4v) is 3.31. The Balaban J connectivity index is 1.93. The van der Waals surface area contributed by atoms with Gasteiger partial charge in [0.05, 0.1) is 24.7 Å². The summed E-state index contributed by atoms with van der Waals surface area (Å²) in [6.07, 6.45) is 0. The van der Waals surface area contributed by atoms with Crippen LogP contribution in [-0.4, -0.2) is 60.4 Å². The second kappa shape index (κ2) is 9.09. The molecule has 1 aliphatic rings. The molecule has 1 aliphatic heterocycles. The number of methoxy groups -OCH3 is 1. The fraction of sp³-hybridized carbons (Fsp3) is 0.533. The van der Waals surface area contributed by atoms with E-state index in [1.54, 1.807) is 18.2 Å². The van der Waals surface area contributed by atoms with Gasteiger partial charge in [-0.05, 0) is 17.7 Å². The van der Waals surface area contributed by atoms with Crippen LogP contribution in [0.3, 0.4) is 0 Å². The highest BCUT2D eigenvalue weighted by Gasteiger charge is 2.21. The van der Waals surface area contributed by atoms with Crippen molar-refractivity contribution in [3.05, 3.63) is 29.8 Å². The van der Waals surface area contributed by atoms with Crippen molar-refractivity contribution >= 4 is 15.9 Å². The van der Waals surface area contributed by atoms with E-state index in [1.807, 2.05) is 0 Å². The van der Waals surface area contributed by atoms with Gasteiger partial charge in [0.15, 0.2) is 0 Å². The summed E-state index contributed by atoms with van der Waals surface area (Å²) in [7, 11) is -2.09. The van der Waals surface area contributed by atoms with Gasteiger partial charge in [0.2, 0.25) is 15.9 Å². The number of morpholine rings is 1. The number of carbonyl (C=O) groups is 1. The Morgan fingerprint density at radius 3 is 3.00 bits per heavy atom. The van der Waals surface area contributed by atoms with Gasteiger partial charge in [-0.15, -0.1) is 0 Å². The summed E-state index contributed by atoms with van der Waals surface area (Å²) in [6, 6.07) is 6.09. The van der Waals surface area contributed by atoms with E-state index in [2.05, 4.69) is 15.4 Å². The summed E-state index contributed by atoms with van der Waals surface area (Å²) in [6.45, 7) is 2.32. The average Bonchev–Trinajstić information content (AvgIpc) is 2.61. The first-order valence-electron chi connectivity index (χ1n) is 7.69. The maximum Gasteiger partial charge on any atom is 0.240 e. The Bertz CT molecular complexity index is 644. The third-order valence-electron chi connectivity index (χ3n) is 3.51. The van der Waals surface area contributed by atoms with Gasteiger partial charge < -0.3 is 20.1 Å². The molecular weight excluding hydrogens is 334 g/mol. The molecule has 1 unspecified atom stereocenters. The zero-order valence-corrected chi connectivity index (χ0v) is 14.4. The minimum Gasteiger partial charge on any atom is -0.383 e. The lowest BCUT2D eigenvalue weighted by molar-refractivity contribution is -0.126. The average molecular weight is 357 g/mol. The molecule has 134 valence electrons. The fourth-order valence-electron chi connectivity index (χ4n) is 2.23. The van der Waals surface area contributed by atoms with Crippen molar-refractivity contribution < 1.29 is 22.7 Å². The van der Waals surface area contributed by atoms with Crippen molar-refractivity contribution in [1.29, 1.82) is 0 Å². The second-order valence-corrected chi connectivity index (χ2v) is 7.10. The maximum atomic E-state index is 12.2. The Morgan fingerprint density at radius 2 is 2.29 bits per heavy atom. The standard InChI is InChI=1S/C15H23N3O5S/c1-22-7-6-18-24(20,21)13-4-2-3-12(9-13)10-17-15(19)14-11-23-8-5-16-14/h2-4,9,14,16,18H,5-8,10-11H2,1H3,(H,17,19). The number of nitrogens with one attached hydrogen (secondary N) is 3. The van der Waals surface area contributed by atoms with E-state index >= 15 is 0 Å². The van der Waals surface area contributed by atoms with Crippen LogP contribution in [0.15, 0.2) is 29.2 Å². The number of benzene rings is 1. The lowest BCUT2D eigenvalue weighted by Gasteiger charge is -2.22. The van der Waals surface area contributed by atoms with Crippen molar-refractivity contribution in [1.82, 2.24) is 15.4 Å². The highest BCUT2D eigenvalue weighted by molar-refractivity contribution is 7.89. The van der Waals surface area contributed by atoms with E-state index in [0.29, 0.717) is 31.9 Å². The predicted molar refractivity (Wildman–Crippen MR) is 88.0 cm³/mol. The van der Waals surface area contributed by atoms with E-state index in [9.17, 15) is 13.2 Å². The highest BCUT2D eigenvalue weighted by Crippen LogP contribution is 2.11. The van der Waals surface area contributed by atoms with E-state index in [-0.39, 0.29) is 29.9 Å². The number of amides is 1. The van der Waals surface area contributed by atoms with Crippen molar-refractivity contribution in [3.63, 3.8) is 0 Å². The van der Waals surface area contributed by atoms with E-state index < -0.39 is 10.0 Å². The van der Waals surface area contributed by atoms with Crippen LogP contribution in [0.1, 0.15) is 5.56 Å². The molecule has 1 aromatic carbocycles. The number of carbonyl (C=O) groups excluding carboxylic acids is 1. The summed E-state index contributed by atoms with van der Waals surface area (Å²) in [5, 5.41) is 5.85. The van der Waals surface area contributed by atoms with Gasteiger partial charge in [-0.1, -0.05) is 12.1 Å². The van der Waals surface area contributed by atoms with Gasteiger partial charge in [-0.3, -0.25) is 4.79 Å². The molecule has 0 aromatic heterocycles. The maximum absolute atomic E-state index is 12.2. The Hall–Kier alpha value is -1.52. The quantitative estimate of drug-likeness (QED) is 0.527. The van der Waals surface area contributed by atoms with E-state index in [1.165, 1.54) is 13.2 Å². The van der Waals surface area contributed by atoms with E-state index in [4.69, 9.17) is 9.47 Å². The number of hydrogen-bond donors (Lipinski definition) is 3. The number of ether oxygens (including phenoxy) is 2. The molecule has 1 fully saturated rings. The first kappa shape index (κ1) is 18.8. The molecule has 0 spiro atoms. The first-order chi connectivity index (χ1) is 11.5. The topological polar surface area (TPSA) is 106 Å². The van der Waals surface area contributed by atoms with Crippen LogP contribution < -0.4 is 15.4 Å². The largest absolute Gasteiger partial charge is 0.383 e.